The first kappa shape index (κ1) is 19.3. The van der Waals surface area contributed by atoms with Gasteiger partial charge in [0.1, 0.15) is 11.5 Å². The number of rotatable bonds is 7. The van der Waals surface area contributed by atoms with E-state index in [1.807, 2.05) is 32.2 Å². The molecule has 8 heteroatoms. The van der Waals surface area contributed by atoms with Crippen LogP contribution in [0.4, 0.5) is 0 Å². The zero-order chi connectivity index (χ0) is 19.2. The molecule has 0 aliphatic heterocycles. The molecule has 27 heavy (non-hydrogen) atoms. The molecule has 0 unspecified atom stereocenters. The van der Waals surface area contributed by atoms with Gasteiger partial charge in [0, 0.05) is 12.6 Å². The molecule has 6 nitrogen and oxygen atoms in total. The van der Waals surface area contributed by atoms with Crippen molar-refractivity contribution in [3.63, 3.8) is 0 Å². The Kier molecular flexibility index (Phi) is 6.36. The van der Waals surface area contributed by atoms with Crippen LogP contribution in [0.2, 0.25) is 5.02 Å². The van der Waals surface area contributed by atoms with Crippen LogP contribution >= 0.6 is 23.4 Å². The number of carbonyl (C=O) groups excluding carboxylic acids is 1. The molecule has 0 amide bonds. The van der Waals surface area contributed by atoms with Crippen molar-refractivity contribution in [3.8, 4) is 22.9 Å². The summed E-state index contributed by atoms with van der Waals surface area (Å²) >= 11 is 7.47. The quantitative estimate of drug-likeness (QED) is 0.334. The van der Waals surface area contributed by atoms with E-state index in [0.717, 1.165) is 11.3 Å². The minimum absolute atomic E-state index is 0.113. The molecule has 3 rings (SSSR count). The van der Waals surface area contributed by atoms with Gasteiger partial charge in [0.15, 0.2) is 11.0 Å². The molecule has 0 saturated heterocycles. The molecule has 0 spiro atoms. The second kappa shape index (κ2) is 8.92. The first-order valence-electron chi connectivity index (χ1n) is 8.29. The van der Waals surface area contributed by atoms with Crippen LogP contribution in [-0.2, 0) is 11.8 Å². The highest BCUT2D eigenvalue weighted by Crippen LogP contribution is 2.28. The van der Waals surface area contributed by atoms with Gasteiger partial charge in [-0.15, -0.1) is 10.2 Å². The van der Waals surface area contributed by atoms with Gasteiger partial charge in [0.05, 0.1) is 17.4 Å². The Morgan fingerprint density at radius 2 is 1.81 bits per heavy atom. The summed E-state index contributed by atoms with van der Waals surface area (Å²) in [5.74, 6) is 1.59. The Labute approximate surface area is 166 Å². The van der Waals surface area contributed by atoms with Crippen molar-refractivity contribution in [1.82, 2.24) is 14.8 Å². The number of esters is 1. The van der Waals surface area contributed by atoms with Crippen molar-refractivity contribution in [2.45, 2.75) is 12.1 Å². The normalized spacial score (nSPS) is 10.6. The van der Waals surface area contributed by atoms with E-state index in [2.05, 4.69) is 10.2 Å². The van der Waals surface area contributed by atoms with Gasteiger partial charge in [-0.05, 0) is 43.3 Å². The molecule has 0 bridgehead atoms. The number of halogens is 1. The average molecular weight is 404 g/mol. The van der Waals surface area contributed by atoms with Crippen LogP contribution in [0.3, 0.4) is 0 Å². The van der Waals surface area contributed by atoms with Gasteiger partial charge in [-0.25, -0.2) is 0 Å². The lowest BCUT2D eigenvalue weighted by Crippen LogP contribution is -2.11. The summed E-state index contributed by atoms with van der Waals surface area (Å²) < 4.78 is 12.5. The summed E-state index contributed by atoms with van der Waals surface area (Å²) in [5, 5.41) is 9.52. The summed E-state index contributed by atoms with van der Waals surface area (Å²) in [5.41, 5.74) is 0.790. The van der Waals surface area contributed by atoms with Crippen LogP contribution in [0.25, 0.3) is 11.4 Å². The maximum atomic E-state index is 12.1. The lowest BCUT2D eigenvalue weighted by atomic mass is 10.2. The van der Waals surface area contributed by atoms with Crippen LogP contribution in [0, 0.1) is 0 Å². The molecule has 0 N–H and O–H groups in total. The highest BCUT2D eigenvalue weighted by molar-refractivity contribution is 7.99. The fourth-order valence-corrected chi connectivity index (χ4v) is 3.28. The molecular formula is C19H18ClN3O3S. The van der Waals surface area contributed by atoms with E-state index in [1.165, 1.54) is 11.8 Å². The average Bonchev–Trinajstić information content (AvgIpc) is 3.03. The number of thioether (sulfide) groups is 1. The van der Waals surface area contributed by atoms with Crippen molar-refractivity contribution in [2.24, 2.45) is 7.05 Å². The van der Waals surface area contributed by atoms with Crippen LogP contribution in [0.15, 0.2) is 53.7 Å². The maximum absolute atomic E-state index is 12.1. The lowest BCUT2D eigenvalue weighted by molar-refractivity contribution is -0.131. The van der Waals surface area contributed by atoms with E-state index in [4.69, 9.17) is 21.1 Å². The van der Waals surface area contributed by atoms with Crippen LogP contribution in [-0.4, -0.2) is 33.1 Å². The maximum Gasteiger partial charge on any atom is 0.321 e. The molecular weight excluding hydrogens is 386 g/mol. The Bertz CT molecular complexity index is 928. The van der Waals surface area contributed by atoms with Gasteiger partial charge in [-0.3, -0.25) is 4.79 Å². The first-order chi connectivity index (χ1) is 13.1. The van der Waals surface area contributed by atoms with E-state index in [9.17, 15) is 4.79 Å². The van der Waals surface area contributed by atoms with Crippen molar-refractivity contribution >= 4 is 29.3 Å². The molecule has 2 aromatic carbocycles. The molecule has 1 heterocycles. The van der Waals surface area contributed by atoms with E-state index in [1.54, 1.807) is 34.9 Å². The number of aromatic nitrogens is 3. The third-order valence-electron chi connectivity index (χ3n) is 3.64. The number of hydrogen-bond donors (Lipinski definition) is 0. The SMILES string of the molecule is CCOc1ccc(OC(=O)CSc2nnc(-c3ccccc3Cl)n2C)cc1. The highest BCUT2D eigenvalue weighted by atomic mass is 35.5. The Morgan fingerprint density at radius 1 is 1.11 bits per heavy atom. The zero-order valence-electron chi connectivity index (χ0n) is 14.9. The molecule has 0 saturated carbocycles. The fourth-order valence-electron chi connectivity index (χ4n) is 2.37. The Morgan fingerprint density at radius 3 is 2.52 bits per heavy atom. The van der Waals surface area contributed by atoms with Crippen molar-refractivity contribution < 1.29 is 14.3 Å². The van der Waals surface area contributed by atoms with Crippen LogP contribution < -0.4 is 9.47 Å². The van der Waals surface area contributed by atoms with E-state index in [0.29, 0.717) is 28.4 Å². The van der Waals surface area contributed by atoms with Crippen molar-refractivity contribution in [1.29, 1.82) is 0 Å². The molecule has 0 radical (unpaired) electrons. The summed E-state index contributed by atoms with van der Waals surface area (Å²) in [6.07, 6.45) is 0. The molecule has 3 aromatic rings. The van der Waals surface area contributed by atoms with Gasteiger partial charge in [0.25, 0.3) is 0 Å². The topological polar surface area (TPSA) is 66.2 Å². The first-order valence-corrected chi connectivity index (χ1v) is 9.65. The molecule has 0 fully saturated rings. The second-order valence-corrected chi connectivity index (χ2v) is 6.86. The number of benzene rings is 2. The van der Waals surface area contributed by atoms with E-state index in [-0.39, 0.29) is 11.7 Å². The minimum atomic E-state index is -0.369. The van der Waals surface area contributed by atoms with Gasteiger partial charge in [0.2, 0.25) is 0 Å². The summed E-state index contributed by atoms with van der Waals surface area (Å²) in [6, 6.07) is 14.3. The Balaban J connectivity index is 1.60. The molecule has 140 valence electrons. The fraction of sp³-hybridized carbons (Fsp3) is 0.211. The smallest absolute Gasteiger partial charge is 0.321 e. The monoisotopic (exact) mass is 403 g/mol. The lowest BCUT2D eigenvalue weighted by Gasteiger charge is -2.07. The number of nitrogens with zero attached hydrogens (tertiary/aromatic N) is 3. The third-order valence-corrected chi connectivity index (χ3v) is 4.96. The third kappa shape index (κ3) is 4.81. The van der Waals surface area contributed by atoms with Crippen molar-refractivity contribution in [2.75, 3.05) is 12.4 Å². The van der Waals surface area contributed by atoms with Gasteiger partial charge in [-0.2, -0.15) is 0 Å². The summed E-state index contributed by atoms with van der Waals surface area (Å²) in [7, 11) is 1.83. The van der Waals surface area contributed by atoms with E-state index < -0.39 is 0 Å². The van der Waals surface area contributed by atoms with Crippen LogP contribution in [0.1, 0.15) is 6.92 Å². The minimum Gasteiger partial charge on any atom is -0.494 e. The predicted octanol–water partition coefficient (Wildman–Crippen LogP) is 4.23. The van der Waals surface area contributed by atoms with Gasteiger partial charge >= 0.3 is 5.97 Å². The zero-order valence-corrected chi connectivity index (χ0v) is 16.5. The summed E-state index contributed by atoms with van der Waals surface area (Å²) in [6.45, 7) is 2.50. The van der Waals surface area contributed by atoms with Gasteiger partial charge < -0.3 is 14.0 Å². The van der Waals surface area contributed by atoms with Crippen LogP contribution in [0.5, 0.6) is 11.5 Å². The molecule has 1 aromatic heterocycles. The standard InChI is InChI=1S/C19H18ClN3O3S/c1-3-25-13-8-10-14(11-9-13)26-17(24)12-27-19-22-21-18(23(19)2)15-6-4-5-7-16(15)20/h4-11H,3,12H2,1-2H3. The second-order valence-electron chi connectivity index (χ2n) is 5.51. The highest BCUT2D eigenvalue weighted by Gasteiger charge is 2.15. The summed E-state index contributed by atoms with van der Waals surface area (Å²) in [4.78, 5) is 12.1. The molecule has 0 aliphatic rings. The van der Waals surface area contributed by atoms with Gasteiger partial charge in [-0.1, -0.05) is 35.5 Å². The molecule has 0 aliphatic carbocycles. The number of carbonyl (C=O) groups is 1. The van der Waals surface area contributed by atoms with Crippen molar-refractivity contribution in [3.05, 3.63) is 53.6 Å². The van der Waals surface area contributed by atoms with E-state index >= 15 is 0 Å². The number of hydrogen-bond acceptors (Lipinski definition) is 6. The number of ether oxygens (including phenoxy) is 2. The predicted molar refractivity (Wildman–Crippen MR) is 105 cm³/mol. The molecule has 0 atom stereocenters. The largest absolute Gasteiger partial charge is 0.494 e. The Hall–Kier alpha value is -2.51.